The molecular formula is C16H20N4O2. The predicted octanol–water partition coefficient (Wildman–Crippen LogP) is 1.36. The smallest absolute Gasteiger partial charge is 0.288 e. The molecule has 6 nitrogen and oxygen atoms in total. The fourth-order valence-corrected chi connectivity index (χ4v) is 2.49. The summed E-state index contributed by atoms with van der Waals surface area (Å²) in [5, 5.41) is 2.81. The average molecular weight is 300 g/mol. The summed E-state index contributed by atoms with van der Waals surface area (Å²) >= 11 is 0. The summed E-state index contributed by atoms with van der Waals surface area (Å²) in [4.78, 5) is 20.2. The van der Waals surface area contributed by atoms with E-state index in [-0.39, 0.29) is 11.7 Å². The van der Waals surface area contributed by atoms with Crippen LogP contribution in [-0.2, 0) is 6.54 Å². The van der Waals surface area contributed by atoms with Crippen molar-refractivity contribution in [3.05, 3.63) is 48.2 Å². The van der Waals surface area contributed by atoms with Gasteiger partial charge in [-0.05, 0) is 24.7 Å². The zero-order valence-corrected chi connectivity index (χ0v) is 12.7. The first-order valence-corrected chi connectivity index (χ1v) is 7.41. The minimum Gasteiger partial charge on any atom is -0.438 e. The molecule has 0 unspecified atom stereocenters. The number of benzene rings is 1. The number of hydrogen-bond donors (Lipinski definition) is 1. The molecule has 0 bridgehead atoms. The Labute approximate surface area is 129 Å². The highest BCUT2D eigenvalue weighted by atomic mass is 16.3. The second-order valence-electron chi connectivity index (χ2n) is 5.51. The minimum atomic E-state index is -0.249. The molecule has 1 aliphatic rings. The average Bonchev–Trinajstić information content (AvgIpc) is 3.08. The molecule has 22 heavy (non-hydrogen) atoms. The zero-order valence-electron chi connectivity index (χ0n) is 12.7. The minimum absolute atomic E-state index is 0.231. The Morgan fingerprint density at radius 1 is 1.23 bits per heavy atom. The van der Waals surface area contributed by atoms with Crippen molar-refractivity contribution in [2.24, 2.45) is 0 Å². The molecule has 0 radical (unpaired) electrons. The molecule has 1 aromatic heterocycles. The van der Waals surface area contributed by atoms with Crippen molar-refractivity contribution >= 4 is 11.6 Å². The Morgan fingerprint density at radius 3 is 2.59 bits per heavy atom. The van der Waals surface area contributed by atoms with Crippen molar-refractivity contribution in [2.45, 2.75) is 6.54 Å². The van der Waals surface area contributed by atoms with Crippen molar-refractivity contribution < 1.29 is 9.21 Å². The third-order valence-electron chi connectivity index (χ3n) is 3.91. The van der Waals surface area contributed by atoms with E-state index in [9.17, 15) is 4.79 Å². The Bertz CT molecular complexity index is 602. The van der Waals surface area contributed by atoms with Crippen LogP contribution in [0.5, 0.6) is 0 Å². The lowest BCUT2D eigenvalue weighted by molar-refractivity contribution is 0.0923. The van der Waals surface area contributed by atoms with E-state index >= 15 is 0 Å². The third kappa shape index (κ3) is 3.46. The van der Waals surface area contributed by atoms with Gasteiger partial charge >= 0.3 is 0 Å². The van der Waals surface area contributed by atoms with Gasteiger partial charge in [0.25, 0.3) is 5.91 Å². The molecule has 0 saturated carbocycles. The van der Waals surface area contributed by atoms with E-state index in [1.807, 2.05) is 12.1 Å². The molecule has 0 atom stereocenters. The van der Waals surface area contributed by atoms with E-state index in [2.05, 4.69) is 39.3 Å². The second-order valence-corrected chi connectivity index (χ2v) is 5.51. The lowest BCUT2D eigenvalue weighted by Gasteiger charge is -2.34. The van der Waals surface area contributed by atoms with Crippen molar-refractivity contribution in [2.75, 3.05) is 38.1 Å². The van der Waals surface area contributed by atoms with Gasteiger partial charge in [0, 0.05) is 38.4 Å². The normalized spacial score (nSPS) is 15.8. The molecule has 1 aromatic carbocycles. The fraction of sp³-hybridized carbons (Fsp3) is 0.375. The van der Waals surface area contributed by atoms with Crippen LogP contribution in [0.3, 0.4) is 0 Å². The van der Waals surface area contributed by atoms with Crippen LogP contribution < -0.4 is 10.2 Å². The van der Waals surface area contributed by atoms with Crippen LogP contribution in [0.4, 0.5) is 5.69 Å². The molecule has 1 amide bonds. The van der Waals surface area contributed by atoms with Crippen LogP contribution in [0.2, 0.25) is 0 Å². The number of nitrogens with zero attached hydrogens (tertiary/aromatic N) is 3. The third-order valence-corrected chi connectivity index (χ3v) is 3.91. The zero-order chi connectivity index (χ0) is 15.4. The number of oxazole rings is 1. The molecule has 6 heteroatoms. The highest BCUT2D eigenvalue weighted by Gasteiger charge is 2.14. The molecule has 3 rings (SSSR count). The maximum Gasteiger partial charge on any atom is 0.288 e. The summed E-state index contributed by atoms with van der Waals surface area (Å²) in [5.74, 6) is -0.0188. The van der Waals surface area contributed by atoms with E-state index in [4.69, 9.17) is 4.42 Å². The van der Waals surface area contributed by atoms with Gasteiger partial charge in [-0.15, -0.1) is 0 Å². The maximum atomic E-state index is 11.8. The number of carbonyl (C=O) groups excluding carboxylic acids is 1. The topological polar surface area (TPSA) is 61.6 Å². The van der Waals surface area contributed by atoms with E-state index < -0.39 is 0 Å². The number of hydrogen-bond acceptors (Lipinski definition) is 5. The standard InChI is InChI=1S/C16H20N4O2/c1-19-6-8-20(9-7-19)14-4-2-13(3-5-14)10-18-16(21)15-11-17-12-22-15/h2-5,11-12H,6-10H2,1H3,(H,18,21). The molecule has 1 N–H and O–H groups in total. The fourth-order valence-electron chi connectivity index (χ4n) is 2.49. The van der Waals surface area contributed by atoms with Crippen LogP contribution in [0.15, 0.2) is 41.3 Å². The molecule has 0 spiro atoms. The first-order chi connectivity index (χ1) is 10.7. The predicted molar refractivity (Wildman–Crippen MR) is 83.8 cm³/mol. The van der Waals surface area contributed by atoms with Gasteiger partial charge < -0.3 is 19.5 Å². The summed E-state index contributed by atoms with van der Waals surface area (Å²) in [5.41, 5.74) is 2.30. The number of rotatable bonds is 4. The summed E-state index contributed by atoms with van der Waals surface area (Å²) in [6, 6.07) is 8.32. The summed E-state index contributed by atoms with van der Waals surface area (Å²) in [7, 11) is 2.15. The first-order valence-electron chi connectivity index (χ1n) is 7.41. The maximum absolute atomic E-state index is 11.8. The molecule has 0 aliphatic carbocycles. The number of likely N-dealkylation sites (N-methyl/N-ethyl adjacent to an activating group) is 1. The first kappa shape index (κ1) is 14.6. The van der Waals surface area contributed by atoms with Crippen LogP contribution in [0.25, 0.3) is 0 Å². The van der Waals surface area contributed by atoms with Crippen LogP contribution in [-0.4, -0.2) is 49.0 Å². The molecule has 2 aromatic rings. The largest absolute Gasteiger partial charge is 0.438 e. The monoisotopic (exact) mass is 300 g/mol. The second kappa shape index (κ2) is 6.62. The molecule has 116 valence electrons. The Kier molecular flexibility index (Phi) is 4.39. The quantitative estimate of drug-likeness (QED) is 0.923. The number of anilines is 1. The summed E-state index contributed by atoms with van der Waals surface area (Å²) < 4.78 is 4.96. The van der Waals surface area contributed by atoms with E-state index in [0.29, 0.717) is 6.54 Å². The van der Waals surface area contributed by atoms with Crippen molar-refractivity contribution in [1.29, 1.82) is 0 Å². The number of piperazine rings is 1. The number of nitrogens with one attached hydrogen (secondary N) is 1. The number of aromatic nitrogens is 1. The van der Waals surface area contributed by atoms with Gasteiger partial charge in [0.1, 0.15) is 0 Å². The van der Waals surface area contributed by atoms with Gasteiger partial charge in [-0.3, -0.25) is 4.79 Å². The van der Waals surface area contributed by atoms with Crippen LogP contribution >= 0.6 is 0 Å². The van der Waals surface area contributed by atoms with E-state index in [0.717, 1.165) is 31.7 Å². The van der Waals surface area contributed by atoms with E-state index in [1.54, 1.807) is 0 Å². The lowest BCUT2D eigenvalue weighted by Crippen LogP contribution is -2.44. The SMILES string of the molecule is CN1CCN(c2ccc(CNC(=O)c3cnco3)cc2)CC1. The molecular weight excluding hydrogens is 280 g/mol. The van der Waals surface area contributed by atoms with Crippen molar-refractivity contribution in [3.8, 4) is 0 Å². The summed E-state index contributed by atoms with van der Waals surface area (Å²) in [6.45, 7) is 4.77. The van der Waals surface area contributed by atoms with Gasteiger partial charge in [-0.25, -0.2) is 4.98 Å². The molecule has 2 heterocycles. The van der Waals surface area contributed by atoms with Gasteiger partial charge in [0.05, 0.1) is 6.20 Å². The van der Waals surface area contributed by atoms with Gasteiger partial charge in [-0.1, -0.05) is 12.1 Å². The van der Waals surface area contributed by atoms with Gasteiger partial charge in [-0.2, -0.15) is 0 Å². The summed E-state index contributed by atoms with van der Waals surface area (Å²) in [6.07, 6.45) is 2.66. The van der Waals surface area contributed by atoms with Gasteiger partial charge in [0.15, 0.2) is 6.39 Å². The van der Waals surface area contributed by atoms with Crippen molar-refractivity contribution in [3.63, 3.8) is 0 Å². The molecule has 1 fully saturated rings. The Balaban J connectivity index is 1.54. The Morgan fingerprint density at radius 2 is 1.95 bits per heavy atom. The van der Waals surface area contributed by atoms with Crippen LogP contribution in [0.1, 0.15) is 16.1 Å². The molecule has 1 saturated heterocycles. The Hall–Kier alpha value is -2.34. The van der Waals surface area contributed by atoms with Crippen molar-refractivity contribution in [1.82, 2.24) is 15.2 Å². The highest BCUT2D eigenvalue weighted by molar-refractivity contribution is 5.90. The number of amides is 1. The van der Waals surface area contributed by atoms with Gasteiger partial charge in [0.2, 0.25) is 5.76 Å². The number of carbonyl (C=O) groups is 1. The molecule has 1 aliphatic heterocycles. The van der Waals surface area contributed by atoms with E-state index in [1.165, 1.54) is 18.3 Å². The lowest BCUT2D eigenvalue weighted by atomic mass is 10.1. The highest BCUT2D eigenvalue weighted by Crippen LogP contribution is 2.17. The van der Waals surface area contributed by atoms with Crippen LogP contribution in [0, 0.1) is 0 Å².